The van der Waals surface area contributed by atoms with E-state index in [0.717, 1.165) is 32.4 Å². The second kappa shape index (κ2) is 7.04. The van der Waals surface area contributed by atoms with E-state index in [9.17, 15) is 9.59 Å². The van der Waals surface area contributed by atoms with Crippen LogP contribution in [0, 0.1) is 0 Å². The second-order valence-corrected chi connectivity index (χ2v) is 5.73. The Kier molecular flexibility index (Phi) is 5.37. The zero-order chi connectivity index (χ0) is 14.5. The van der Waals surface area contributed by atoms with Crippen LogP contribution in [-0.4, -0.2) is 74.1 Å². The van der Waals surface area contributed by atoms with Crippen LogP contribution in [0.1, 0.15) is 25.7 Å². The Balaban J connectivity index is 1.95. The molecule has 20 heavy (non-hydrogen) atoms. The van der Waals surface area contributed by atoms with Crippen LogP contribution in [0.5, 0.6) is 0 Å². The van der Waals surface area contributed by atoms with Crippen molar-refractivity contribution in [1.29, 1.82) is 0 Å². The van der Waals surface area contributed by atoms with Crippen molar-refractivity contribution in [2.45, 2.75) is 37.8 Å². The maximum absolute atomic E-state index is 12.5. The normalized spacial score (nSPS) is 27.2. The summed E-state index contributed by atoms with van der Waals surface area (Å²) in [6.07, 6.45) is 3.59. The van der Waals surface area contributed by atoms with Gasteiger partial charge in [-0.05, 0) is 19.3 Å². The Morgan fingerprint density at radius 1 is 1.35 bits per heavy atom. The van der Waals surface area contributed by atoms with Gasteiger partial charge in [0.05, 0.1) is 12.5 Å². The molecule has 6 nitrogen and oxygen atoms in total. The SMILES string of the molecule is CN(C)C(=O)C1CNCCN1C(=O)CC1CCCCO1. The highest BCUT2D eigenvalue weighted by atomic mass is 16.5. The molecule has 0 spiro atoms. The van der Waals surface area contributed by atoms with Crippen molar-refractivity contribution in [3.63, 3.8) is 0 Å². The van der Waals surface area contributed by atoms with Crippen LogP contribution < -0.4 is 5.32 Å². The van der Waals surface area contributed by atoms with E-state index in [4.69, 9.17) is 4.74 Å². The molecule has 0 radical (unpaired) electrons. The van der Waals surface area contributed by atoms with E-state index in [1.54, 1.807) is 23.9 Å². The number of piperazine rings is 1. The summed E-state index contributed by atoms with van der Waals surface area (Å²) in [6.45, 7) is 2.62. The first-order valence-electron chi connectivity index (χ1n) is 7.42. The van der Waals surface area contributed by atoms with Crippen LogP contribution in [0.4, 0.5) is 0 Å². The number of likely N-dealkylation sites (N-methyl/N-ethyl adjacent to an activating group) is 1. The van der Waals surface area contributed by atoms with Gasteiger partial charge in [-0.2, -0.15) is 0 Å². The topological polar surface area (TPSA) is 61.9 Å². The van der Waals surface area contributed by atoms with Crippen LogP contribution in [0.15, 0.2) is 0 Å². The fourth-order valence-electron chi connectivity index (χ4n) is 2.80. The third-order valence-electron chi connectivity index (χ3n) is 3.97. The number of hydrogen-bond donors (Lipinski definition) is 1. The number of nitrogens with zero attached hydrogens (tertiary/aromatic N) is 2. The second-order valence-electron chi connectivity index (χ2n) is 5.73. The van der Waals surface area contributed by atoms with Crippen molar-refractivity contribution in [3.8, 4) is 0 Å². The predicted octanol–water partition coefficient (Wildman–Crippen LogP) is -0.166. The minimum absolute atomic E-state index is 0.0184. The van der Waals surface area contributed by atoms with E-state index in [2.05, 4.69) is 5.32 Å². The van der Waals surface area contributed by atoms with Crippen LogP contribution in [-0.2, 0) is 14.3 Å². The molecule has 2 aliphatic rings. The Morgan fingerprint density at radius 2 is 2.15 bits per heavy atom. The van der Waals surface area contributed by atoms with Crippen molar-refractivity contribution in [2.24, 2.45) is 0 Å². The summed E-state index contributed by atoms with van der Waals surface area (Å²) in [4.78, 5) is 27.9. The molecule has 0 saturated carbocycles. The molecule has 2 fully saturated rings. The molecule has 0 aromatic rings. The molecule has 2 rings (SSSR count). The van der Waals surface area contributed by atoms with Gasteiger partial charge in [-0.15, -0.1) is 0 Å². The molecule has 1 N–H and O–H groups in total. The van der Waals surface area contributed by atoms with E-state index >= 15 is 0 Å². The van der Waals surface area contributed by atoms with E-state index in [-0.39, 0.29) is 24.0 Å². The number of carbonyl (C=O) groups is 2. The molecule has 0 aromatic heterocycles. The number of amides is 2. The van der Waals surface area contributed by atoms with Crippen molar-refractivity contribution < 1.29 is 14.3 Å². The van der Waals surface area contributed by atoms with E-state index in [0.29, 0.717) is 19.5 Å². The Bertz CT molecular complexity index is 354. The monoisotopic (exact) mass is 283 g/mol. The maximum atomic E-state index is 12.5. The lowest BCUT2D eigenvalue weighted by molar-refractivity contribution is -0.147. The van der Waals surface area contributed by atoms with Gasteiger partial charge in [0, 0.05) is 40.3 Å². The molecule has 2 heterocycles. The number of rotatable bonds is 3. The van der Waals surface area contributed by atoms with Gasteiger partial charge >= 0.3 is 0 Å². The molecule has 2 amide bonds. The standard InChI is InChI=1S/C14H25N3O3/c1-16(2)14(19)12-10-15-6-7-17(12)13(18)9-11-5-3-4-8-20-11/h11-12,15H,3-10H2,1-2H3. The smallest absolute Gasteiger partial charge is 0.246 e. The first-order chi connectivity index (χ1) is 9.59. The highest BCUT2D eigenvalue weighted by Crippen LogP contribution is 2.18. The van der Waals surface area contributed by atoms with Crippen LogP contribution in [0.25, 0.3) is 0 Å². The quantitative estimate of drug-likeness (QED) is 0.781. The van der Waals surface area contributed by atoms with E-state index in [1.165, 1.54) is 0 Å². The minimum Gasteiger partial charge on any atom is -0.378 e. The molecule has 2 atom stereocenters. The number of nitrogens with one attached hydrogen (secondary N) is 1. The van der Waals surface area contributed by atoms with Gasteiger partial charge < -0.3 is 19.9 Å². The van der Waals surface area contributed by atoms with Gasteiger partial charge in [-0.1, -0.05) is 0 Å². The number of ether oxygens (including phenoxy) is 1. The molecule has 114 valence electrons. The summed E-state index contributed by atoms with van der Waals surface area (Å²) < 4.78 is 5.62. The first kappa shape index (κ1) is 15.3. The molecular formula is C14H25N3O3. The average molecular weight is 283 g/mol. The Hall–Kier alpha value is -1.14. The average Bonchev–Trinajstić information content (AvgIpc) is 2.47. The van der Waals surface area contributed by atoms with Crippen molar-refractivity contribution in [3.05, 3.63) is 0 Å². The highest BCUT2D eigenvalue weighted by molar-refractivity contribution is 5.88. The summed E-state index contributed by atoms with van der Waals surface area (Å²) in [6, 6.07) is -0.380. The summed E-state index contributed by atoms with van der Waals surface area (Å²) in [5.74, 6) is 0.0220. The fourth-order valence-corrected chi connectivity index (χ4v) is 2.80. The maximum Gasteiger partial charge on any atom is 0.246 e. The minimum atomic E-state index is -0.380. The van der Waals surface area contributed by atoms with Gasteiger partial charge in [0.15, 0.2) is 0 Å². The van der Waals surface area contributed by atoms with Crippen LogP contribution in [0.2, 0.25) is 0 Å². The molecule has 2 aliphatic heterocycles. The van der Waals surface area contributed by atoms with Crippen LogP contribution >= 0.6 is 0 Å². The van der Waals surface area contributed by atoms with Crippen molar-refractivity contribution >= 4 is 11.8 Å². The van der Waals surface area contributed by atoms with Crippen molar-refractivity contribution in [2.75, 3.05) is 40.3 Å². The summed E-state index contributed by atoms with van der Waals surface area (Å²) in [5.41, 5.74) is 0. The Labute approximate surface area is 120 Å². The molecular weight excluding hydrogens is 258 g/mol. The lowest BCUT2D eigenvalue weighted by Gasteiger charge is -2.37. The molecule has 0 aliphatic carbocycles. The summed E-state index contributed by atoms with van der Waals surface area (Å²) in [7, 11) is 3.45. The Morgan fingerprint density at radius 3 is 2.80 bits per heavy atom. The first-order valence-corrected chi connectivity index (χ1v) is 7.42. The number of hydrogen-bond acceptors (Lipinski definition) is 4. The molecule has 0 aromatic carbocycles. The molecule has 2 saturated heterocycles. The zero-order valence-corrected chi connectivity index (χ0v) is 12.4. The van der Waals surface area contributed by atoms with Gasteiger partial charge in [-0.25, -0.2) is 0 Å². The highest BCUT2D eigenvalue weighted by Gasteiger charge is 2.34. The lowest BCUT2D eigenvalue weighted by Crippen LogP contribution is -2.59. The van der Waals surface area contributed by atoms with Crippen LogP contribution in [0.3, 0.4) is 0 Å². The third-order valence-corrected chi connectivity index (χ3v) is 3.97. The lowest BCUT2D eigenvalue weighted by atomic mass is 10.0. The molecule has 0 bridgehead atoms. The molecule has 2 unspecified atom stereocenters. The van der Waals surface area contributed by atoms with Gasteiger partial charge in [0.1, 0.15) is 6.04 Å². The van der Waals surface area contributed by atoms with Crippen molar-refractivity contribution in [1.82, 2.24) is 15.1 Å². The fraction of sp³-hybridized carbons (Fsp3) is 0.857. The zero-order valence-electron chi connectivity index (χ0n) is 12.4. The van der Waals surface area contributed by atoms with E-state index in [1.807, 2.05) is 0 Å². The van der Waals surface area contributed by atoms with Gasteiger partial charge in [0.25, 0.3) is 0 Å². The van der Waals surface area contributed by atoms with Gasteiger partial charge in [0.2, 0.25) is 11.8 Å². The summed E-state index contributed by atoms with van der Waals surface area (Å²) >= 11 is 0. The third kappa shape index (κ3) is 3.70. The van der Waals surface area contributed by atoms with Gasteiger partial charge in [-0.3, -0.25) is 9.59 Å². The predicted molar refractivity (Wildman–Crippen MR) is 75.3 cm³/mol. The van der Waals surface area contributed by atoms with E-state index < -0.39 is 0 Å². The number of carbonyl (C=O) groups excluding carboxylic acids is 2. The largest absolute Gasteiger partial charge is 0.378 e. The summed E-state index contributed by atoms with van der Waals surface area (Å²) in [5, 5.41) is 3.19. The molecule has 6 heteroatoms.